The highest BCUT2D eigenvalue weighted by molar-refractivity contribution is 9.09. The van der Waals surface area contributed by atoms with Gasteiger partial charge in [0.1, 0.15) is 5.75 Å². The normalized spacial score (nSPS) is 16.2. The number of benzene rings is 1. The van der Waals surface area contributed by atoms with Crippen LogP contribution in [0.1, 0.15) is 30.5 Å². The Balaban J connectivity index is 2.50. The Labute approximate surface area is 112 Å². The number of halogens is 1. The van der Waals surface area contributed by atoms with Crippen molar-refractivity contribution in [2.75, 3.05) is 20.2 Å². The van der Waals surface area contributed by atoms with Crippen LogP contribution in [0.25, 0.3) is 0 Å². The summed E-state index contributed by atoms with van der Waals surface area (Å²) in [4.78, 5) is 0. The van der Waals surface area contributed by atoms with Gasteiger partial charge in [0.2, 0.25) is 0 Å². The zero-order valence-corrected chi connectivity index (χ0v) is 12.4. The molecule has 0 aromatic heterocycles. The highest BCUT2D eigenvalue weighted by atomic mass is 79.9. The van der Waals surface area contributed by atoms with E-state index < -0.39 is 0 Å². The highest BCUT2D eigenvalue weighted by Gasteiger charge is 2.23. The van der Waals surface area contributed by atoms with E-state index in [0.29, 0.717) is 0 Å². The lowest BCUT2D eigenvalue weighted by atomic mass is 9.93. The van der Waals surface area contributed by atoms with E-state index in [-0.39, 0.29) is 4.32 Å². The first-order valence-electron chi connectivity index (χ1n) is 6.12. The number of alkyl halides is 1. The van der Waals surface area contributed by atoms with E-state index in [9.17, 15) is 0 Å². The summed E-state index contributed by atoms with van der Waals surface area (Å²) in [5, 5.41) is 3.44. The van der Waals surface area contributed by atoms with Gasteiger partial charge < -0.3 is 10.1 Å². The minimum Gasteiger partial charge on any atom is -0.496 e. The van der Waals surface area contributed by atoms with Crippen LogP contribution in [-0.4, -0.2) is 20.2 Å². The lowest BCUT2D eigenvalue weighted by molar-refractivity contribution is 0.405. The maximum Gasteiger partial charge on any atom is 0.123 e. The van der Waals surface area contributed by atoms with Crippen LogP contribution in [0, 0.1) is 0 Å². The molecule has 1 aliphatic heterocycles. The third kappa shape index (κ3) is 2.83. The number of ether oxygens (including phenoxy) is 1. The molecule has 0 atom stereocenters. The number of hydrogen-bond donors (Lipinski definition) is 1. The molecular formula is C14H20BrNO. The van der Waals surface area contributed by atoms with Gasteiger partial charge in [0.25, 0.3) is 0 Å². The van der Waals surface area contributed by atoms with Crippen LogP contribution in [0.3, 0.4) is 0 Å². The molecule has 17 heavy (non-hydrogen) atoms. The van der Waals surface area contributed by atoms with Gasteiger partial charge in [-0.3, -0.25) is 0 Å². The number of nitrogens with one attached hydrogen (secondary N) is 1. The number of methoxy groups -OCH3 is 1. The van der Waals surface area contributed by atoms with Crippen molar-refractivity contribution in [2.45, 2.75) is 31.0 Å². The van der Waals surface area contributed by atoms with Gasteiger partial charge in [-0.1, -0.05) is 22.0 Å². The van der Waals surface area contributed by atoms with Gasteiger partial charge in [0.15, 0.2) is 0 Å². The molecule has 1 aromatic rings. The average molecular weight is 298 g/mol. The van der Waals surface area contributed by atoms with Crippen molar-refractivity contribution in [1.29, 1.82) is 0 Å². The summed E-state index contributed by atoms with van der Waals surface area (Å²) >= 11 is 3.73. The van der Waals surface area contributed by atoms with E-state index in [1.807, 2.05) is 0 Å². The molecule has 94 valence electrons. The van der Waals surface area contributed by atoms with Crippen LogP contribution in [-0.2, 0) is 17.2 Å². The van der Waals surface area contributed by atoms with Gasteiger partial charge in [-0.25, -0.2) is 0 Å². The molecule has 0 unspecified atom stereocenters. The van der Waals surface area contributed by atoms with Gasteiger partial charge in [-0.15, -0.1) is 0 Å². The molecule has 1 heterocycles. The molecule has 0 aliphatic carbocycles. The second kappa shape index (κ2) is 4.99. The molecule has 2 rings (SSSR count). The molecule has 0 bridgehead atoms. The standard InChI is InChI=1S/C14H20BrNO/c1-14(2,15)12-8-10-4-6-16-7-5-11(10)9-13(12)17-3/h8-9,16H,4-7H2,1-3H3. The fourth-order valence-electron chi connectivity index (χ4n) is 2.34. The first-order chi connectivity index (χ1) is 8.02. The molecule has 0 radical (unpaired) electrons. The second-order valence-electron chi connectivity index (χ2n) is 5.04. The zero-order valence-electron chi connectivity index (χ0n) is 10.8. The second-order valence-corrected chi connectivity index (χ2v) is 7.03. The van der Waals surface area contributed by atoms with Crippen LogP contribution in [0.4, 0.5) is 0 Å². The summed E-state index contributed by atoms with van der Waals surface area (Å²) in [5.41, 5.74) is 4.12. The van der Waals surface area contributed by atoms with Crippen molar-refractivity contribution in [3.63, 3.8) is 0 Å². The first kappa shape index (κ1) is 12.9. The quantitative estimate of drug-likeness (QED) is 0.848. The van der Waals surface area contributed by atoms with Crippen molar-refractivity contribution in [3.05, 3.63) is 28.8 Å². The Bertz CT molecular complexity index is 409. The van der Waals surface area contributed by atoms with Gasteiger partial charge in [-0.2, -0.15) is 0 Å². The summed E-state index contributed by atoms with van der Waals surface area (Å²) in [7, 11) is 1.75. The third-order valence-electron chi connectivity index (χ3n) is 3.30. The Morgan fingerprint density at radius 2 is 1.76 bits per heavy atom. The fraction of sp³-hybridized carbons (Fsp3) is 0.571. The van der Waals surface area contributed by atoms with E-state index in [4.69, 9.17) is 4.74 Å². The lowest BCUT2D eigenvalue weighted by Gasteiger charge is -2.22. The van der Waals surface area contributed by atoms with E-state index >= 15 is 0 Å². The summed E-state index contributed by atoms with van der Waals surface area (Å²) in [6.07, 6.45) is 2.20. The van der Waals surface area contributed by atoms with Crippen LogP contribution < -0.4 is 10.1 Å². The van der Waals surface area contributed by atoms with E-state index in [1.165, 1.54) is 16.7 Å². The van der Waals surface area contributed by atoms with Crippen LogP contribution >= 0.6 is 15.9 Å². The third-order valence-corrected chi connectivity index (χ3v) is 3.73. The molecule has 0 amide bonds. The lowest BCUT2D eigenvalue weighted by Crippen LogP contribution is -2.16. The minimum atomic E-state index is -0.0485. The molecule has 3 heteroatoms. The van der Waals surface area contributed by atoms with Crippen LogP contribution in [0.5, 0.6) is 5.75 Å². The smallest absolute Gasteiger partial charge is 0.123 e. The minimum absolute atomic E-state index is 0.0485. The van der Waals surface area contributed by atoms with Crippen molar-refractivity contribution in [2.24, 2.45) is 0 Å². The van der Waals surface area contributed by atoms with Crippen LogP contribution in [0.2, 0.25) is 0 Å². The van der Waals surface area contributed by atoms with Crippen molar-refractivity contribution in [3.8, 4) is 5.75 Å². The molecule has 0 spiro atoms. The molecule has 0 fully saturated rings. The van der Waals surface area contributed by atoms with E-state index in [2.05, 4.69) is 47.2 Å². The summed E-state index contributed by atoms with van der Waals surface area (Å²) in [6, 6.07) is 4.51. The predicted molar refractivity (Wildman–Crippen MR) is 75.2 cm³/mol. The molecule has 0 saturated carbocycles. The monoisotopic (exact) mass is 297 g/mol. The molecule has 2 nitrogen and oxygen atoms in total. The summed E-state index contributed by atoms with van der Waals surface area (Å²) in [6.45, 7) is 6.45. The zero-order chi connectivity index (χ0) is 12.5. The molecule has 1 N–H and O–H groups in total. The van der Waals surface area contributed by atoms with Gasteiger partial charge in [0.05, 0.1) is 7.11 Å². The number of rotatable bonds is 2. The van der Waals surface area contributed by atoms with Crippen LogP contribution in [0.15, 0.2) is 12.1 Å². The molecule has 1 aliphatic rings. The van der Waals surface area contributed by atoms with Gasteiger partial charge >= 0.3 is 0 Å². The van der Waals surface area contributed by atoms with E-state index in [1.54, 1.807) is 7.11 Å². The van der Waals surface area contributed by atoms with Crippen molar-refractivity contribution in [1.82, 2.24) is 5.32 Å². The Morgan fingerprint density at radius 3 is 2.29 bits per heavy atom. The fourth-order valence-corrected chi connectivity index (χ4v) is 2.65. The largest absolute Gasteiger partial charge is 0.496 e. The highest BCUT2D eigenvalue weighted by Crippen LogP contribution is 2.38. The SMILES string of the molecule is COc1cc2c(cc1C(C)(C)Br)CCNCC2. The average Bonchev–Trinajstić information content (AvgIpc) is 2.50. The number of fused-ring (bicyclic) bond motifs is 1. The molecular weight excluding hydrogens is 278 g/mol. The van der Waals surface area contributed by atoms with E-state index in [0.717, 1.165) is 31.7 Å². The Morgan fingerprint density at radius 1 is 1.18 bits per heavy atom. The molecule has 1 aromatic carbocycles. The van der Waals surface area contributed by atoms with Gasteiger partial charge in [0, 0.05) is 9.89 Å². The maximum absolute atomic E-state index is 5.53. The summed E-state index contributed by atoms with van der Waals surface area (Å²) in [5.74, 6) is 0.993. The molecule has 0 saturated heterocycles. The van der Waals surface area contributed by atoms with Crippen molar-refractivity contribution < 1.29 is 4.74 Å². The van der Waals surface area contributed by atoms with Gasteiger partial charge in [-0.05, 0) is 57.0 Å². The van der Waals surface area contributed by atoms with Crippen molar-refractivity contribution >= 4 is 15.9 Å². The first-order valence-corrected chi connectivity index (χ1v) is 6.91. The number of hydrogen-bond acceptors (Lipinski definition) is 2. The maximum atomic E-state index is 5.53. The topological polar surface area (TPSA) is 21.3 Å². The predicted octanol–water partition coefficient (Wildman–Crippen LogP) is 3.01. The Kier molecular flexibility index (Phi) is 3.79. The Hall–Kier alpha value is -0.540. The summed E-state index contributed by atoms with van der Waals surface area (Å²) < 4.78 is 5.48.